The van der Waals surface area contributed by atoms with Crippen molar-refractivity contribution in [3.8, 4) is 0 Å². The molecular weight excluding hydrogens is 183 g/mol. The van der Waals surface area contributed by atoms with Gasteiger partial charge in [-0.2, -0.15) is 0 Å². The maximum Gasteiger partial charge on any atom is 0.316 e. The molecule has 0 aliphatic rings. The summed E-state index contributed by atoms with van der Waals surface area (Å²) in [5.41, 5.74) is 0. The zero-order chi connectivity index (χ0) is 4.50. The van der Waals surface area contributed by atoms with Gasteiger partial charge in [0, 0.05) is 0 Å². The van der Waals surface area contributed by atoms with Crippen LogP contribution in [-0.2, 0) is 0 Å². The molecule has 0 bridgehead atoms. The first-order valence-corrected chi connectivity index (χ1v) is 2.58. The van der Waals surface area contributed by atoms with Crippen LogP contribution in [0.1, 0.15) is 0 Å². The van der Waals surface area contributed by atoms with Gasteiger partial charge in [0.25, 0.3) is 0 Å². The van der Waals surface area contributed by atoms with Gasteiger partial charge in [-0.1, -0.05) is 0 Å². The van der Waals surface area contributed by atoms with E-state index in [1.807, 2.05) is 0 Å². The van der Waals surface area contributed by atoms with Gasteiger partial charge in [-0.15, -0.1) is 0 Å². The number of rotatable bonds is 0. The second-order valence-electron chi connectivity index (χ2n) is 0.554. The number of halogens is 1. The van der Waals surface area contributed by atoms with Crippen molar-refractivity contribution in [2.75, 3.05) is 0 Å². The number of hydrogen-bond donors (Lipinski definition) is 3. The largest absolute Gasteiger partial charge is 0.316 e. The molecule has 8 heteroatoms. The van der Waals surface area contributed by atoms with Crippen LogP contribution in [0.2, 0.25) is 0 Å². The Morgan fingerprint density at radius 2 is 1.00 bits per heavy atom. The minimum absolute atomic E-state index is 0. The summed E-state index contributed by atoms with van der Waals surface area (Å²) in [5, 5.41) is 0. The van der Waals surface area contributed by atoms with Crippen molar-refractivity contribution in [1.82, 2.24) is 0 Å². The molecule has 0 fully saturated rings. The smallest absolute Gasteiger partial charge is 0.316 e. The van der Waals surface area contributed by atoms with E-state index in [9.17, 15) is 4.11 Å². The molecule has 0 spiro atoms. The van der Waals surface area contributed by atoms with Crippen molar-refractivity contribution in [3.05, 3.63) is 0 Å². The molecule has 0 amide bonds. The van der Waals surface area contributed by atoms with Gasteiger partial charge in [0.15, 0.2) is 0 Å². The minimum Gasteiger partial charge on any atom is 0.316 e. The molecule has 0 atom stereocenters. The molecule has 0 radical (unpaired) electrons. The van der Waals surface area contributed by atoms with E-state index >= 15 is 0 Å². The summed E-state index contributed by atoms with van der Waals surface area (Å²) >= 11 is 0. The maximum absolute atomic E-state index is 10.5. The molecule has 8 heavy (non-hydrogen) atoms. The van der Waals surface area contributed by atoms with E-state index in [0.717, 1.165) is 0 Å². The second kappa shape index (κ2) is 10.2. The quantitative estimate of drug-likeness (QED) is 0.269. The van der Waals surface area contributed by atoms with Crippen molar-refractivity contribution >= 4 is 107 Å². The molecule has 3 nitrogen and oxygen atoms in total. The first-order chi connectivity index (χ1) is 2.00. The first kappa shape index (κ1) is 22.5. The molecular formula is H8FKMg2O3Si. The van der Waals surface area contributed by atoms with E-state index in [2.05, 4.69) is 0 Å². The summed E-state index contributed by atoms with van der Waals surface area (Å²) in [4.78, 5) is 21.3. The predicted octanol–water partition coefficient (Wildman–Crippen LogP) is -4.11. The fourth-order valence-electron chi connectivity index (χ4n) is 0. The second-order valence-corrected chi connectivity index (χ2v) is 1.66. The fourth-order valence-corrected chi connectivity index (χ4v) is 0. The summed E-state index contributed by atoms with van der Waals surface area (Å²) in [5.74, 6) is 0. The van der Waals surface area contributed by atoms with E-state index in [-0.39, 0.29) is 97.5 Å². The Hall–Kier alpha value is 3.20. The third-order valence-electron chi connectivity index (χ3n) is 0. The predicted molar refractivity (Wildman–Crippen MR) is 37.8 cm³/mol. The normalized spacial score (nSPS) is 7.50. The molecule has 0 aliphatic carbocycles. The topological polar surface area (TPSA) is 60.7 Å². The third-order valence-corrected chi connectivity index (χ3v) is 0. The zero-order valence-electron chi connectivity index (χ0n) is 2.22. The van der Waals surface area contributed by atoms with Crippen molar-refractivity contribution in [2.24, 2.45) is 0 Å². The third kappa shape index (κ3) is 60.5. The van der Waals surface area contributed by atoms with Gasteiger partial charge in [-0.05, 0) is 0 Å². The molecule has 0 saturated heterocycles. The van der Waals surface area contributed by atoms with Crippen molar-refractivity contribution < 1.29 is 18.5 Å². The summed E-state index contributed by atoms with van der Waals surface area (Å²) in [7, 11) is -5.11. The van der Waals surface area contributed by atoms with Gasteiger partial charge in [-0.25, -0.2) is 4.11 Å². The summed E-state index contributed by atoms with van der Waals surface area (Å²) in [6, 6.07) is 0. The summed E-state index contributed by atoms with van der Waals surface area (Å²) < 4.78 is 10.5. The Labute approximate surface area is 122 Å². The molecule has 0 heterocycles. The Morgan fingerprint density at radius 3 is 1.00 bits per heavy atom. The Morgan fingerprint density at radius 1 is 1.00 bits per heavy atom. The van der Waals surface area contributed by atoms with Crippen LogP contribution in [0, 0.1) is 0 Å². The van der Waals surface area contributed by atoms with Gasteiger partial charge >= 0.3 is 107 Å². The summed E-state index contributed by atoms with van der Waals surface area (Å²) in [6.07, 6.45) is 0. The summed E-state index contributed by atoms with van der Waals surface area (Å²) in [6.45, 7) is 0. The first-order valence-electron chi connectivity index (χ1n) is 0.860. The minimum atomic E-state index is -5.11. The van der Waals surface area contributed by atoms with E-state index in [4.69, 9.17) is 14.4 Å². The molecule has 42 valence electrons. The van der Waals surface area contributed by atoms with E-state index in [0.29, 0.717) is 0 Å². The maximum atomic E-state index is 10.5. The monoisotopic (exact) mass is 190 g/mol. The van der Waals surface area contributed by atoms with E-state index < -0.39 is 9.14 Å². The van der Waals surface area contributed by atoms with Crippen LogP contribution < -0.4 is 0 Å². The Kier molecular flexibility index (Phi) is 28.6. The molecule has 0 unspecified atom stereocenters. The SMILES string of the molecule is O[Si](O)(O)F.[KH].[MgH2].[MgH2]. The van der Waals surface area contributed by atoms with Gasteiger partial charge in [-0.3, -0.25) is 0 Å². The van der Waals surface area contributed by atoms with E-state index in [1.165, 1.54) is 0 Å². The molecule has 0 aromatic carbocycles. The average Bonchev–Trinajstić information content (AvgIpc) is 0.722. The molecule has 3 N–H and O–H groups in total. The van der Waals surface area contributed by atoms with Crippen LogP contribution in [0.3, 0.4) is 0 Å². The zero-order valence-corrected chi connectivity index (χ0v) is 3.22. The van der Waals surface area contributed by atoms with Crippen molar-refractivity contribution in [2.45, 2.75) is 0 Å². The van der Waals surface area contributed by atoms with Gasteiger partial charge in [0.2, 0.25) is 0 Å². The molecule has 0 aliphatic heterocycles. The fraction of sp³-hybridized carbons (Fsp3) is 0. The average molecular weight is 191 g/mol. The Balaban J connectivity index is -0.0000000267. The van der Waals surface area contributed by atoms with Crippen LogP contribution >= 0.6 is 0 Å². The standard InChI is InChI=1S/FH3O3Si.K.2Mg.5H/c1-5(2,3)4;;;;;;;;/h2-4H;;;;;;;;. The van der Waals surface area contributed by atoms with Crippen LogP contribution in [0.5, 0.6) is 0 Å². The van der Waals surface area contributed by atoms with Gasteiger partial charge < -0.3 is 14.4 Å². The van der Waals surface area contributed by atoms with Crippen molar-refractivity contribution in [3.63, 3.8) is 0 Å². The van der Waals surface area contributed by atoms with Gasteiger partial charge in [0.1, 0.15) is 0 Å². The van der Waals surface area contributed by atoms with E-state index in [1.54, 1.807) is 0 Å². The molecule has 0 saturated carbocycles. The Bertz CT molecular complexity index is 32.8. The van der Waals surface area contributed by atoms with Gasteiger partial charge in [0.05, 0.1) is 0 Å². The van der Waals surface area contributed by atoms with Crippen LogP contribution in [0.25, 0.3) is 0 Å². The van der Waals surface area contributed by atoms with Crippen molar-refractivity contribution in [1.29, 1.82) is 0 Å². The molecule has 0 aromatic rings. The van der Waals surface area contributed by atoms with Crippen LogP contribution in [-0.4, -0.2) is 121 Å². The number of hydrogen-bond acceptors (Lipinski definition) is 3. The van der Waals surface area contributed by atoms with Crippen LogP contribution in [0.15, 0.2) is 0 Å². The van der Waals surface area contributed by atoms with Crippen LogP contribution in [0.4, 0.5) is 4.11 Å². The molecule has 0 aromatic heterocycles. The molecule has 0 rings (SSSR count).